The van der Waals surface area contributed by atoms with Gasteiger partial charge >= 0.3 is 12.0 Å². The summed E-state index contributed by atoms with van der Waals surface area (Å²) < 4.78 is 5.31. The van der Waals surface area contributed by atoms with Gasteiger partial charge in [0.05, 0.1) is 6.42 Å². The molecule has 2 atom stereocenters. The van der Waals surface area contributed by atoms with Crippen LogP contribution in [-0.2, 0) is 40.1 Å². The fourth-order valence-corrected chi connectivity index (χ4v) is 4.09. The fourth-order valence-electron chi connectivity index (χ4n) is 4.09. The van der Waals surface area contributed by atoms with E-state index in [0.29, 0.717) is 12.1 Å². The van der Waals surface area contributed by atoms with Crippen molar-refractivity contribution in [3.8, 4) is 0 Å². The predicted molar refractivity (Wildman–Crippen MR) is 160 cm³/mol. The lowest BCUT2D eigenvalue weighted by Crippen LogP contribution is -2.56. The van der Waals surface area contributed by atoms with E-state index in [4.69, 9.17) is 10.5 Å². The summed E-state index contributed by atoms with van der Waals surface area (Å²) in [5.41, 5.74) is 6.06. The maximum Gasteiger partial charge on any atom is 0.312 e. The van der Waals surface area contributed by atoms with Gasteiger partial charge in [0.25, 0.3) is 11.8 Å². The second-order valence-corrected chi connectivity index (χ2v) is 12.0. The van der Waals surface area contributed by atoms with E-state index in [1.807, 2.05) is 20.8 Å². The summed E-state index contributed by atoms with van der Waals surface area (Å²) in [5.74, 6) is -3.91. The molecule has 44 heavy (non-hydrogen) atoms. The number of hydrogen-bond donors (Lipinski definition) is 5. The fraction of sp³-hybridized carbons (Fsp3) is 0.500. The molecule has 0 saturated carbocycles. The molecule has 1 heterocycles. The van der Waals surface area contributed by atoms with Crippen molar-refractivity contribution in [1.29, 1.82) is 0 Å². The second-order valence-electron chi connectivity index (χ2n) is 12.0. The number of carbonyl (C=O) groups is 7. The number of primary amides is 1. The van der Waals surface area contributed by atoms with E-state index in [0.717, 1.165) is 22.6 Å². The molecule has 240 valence electrons. The first kappa shape index (κ1) is 35.4. The smallest absolute Gasteiger partial charge is 0.312 e. The monoisotopic (exact) mass is 614 g/mol. The third-order valence-electron chi connectivity index (χ3n) is 6.37. The molecule has 0 fully saturated rings. The van der Waals surface area contributed by atoms with Crippen molar-refractivity contribution >= 4 is 47.2 Å². The van der Waals surface area contributed by atoms with Crippen LogP contribution in [-0.4, -0.2) is 71.6 Å². The SMILES string of the molecule is CC(C)C(NC(=O)CN1C(=O)C=CC1=O)C(=O)N[C@@H](CCCNC(N)=O)C(=O)Nc1ccc(COC(=O)CC(C)(C)C)cc1. The zero-order valence-electron chi connectivity index (χ0n) is 25.7. The molecule has 1 aromatic carbocycles. The van der Waals surface area contributed by atoms with Gasteiger partial charge in [-0.25, -0.2) is 4.79 Å². The Morgan fingerprint density at radius 1 is 0.932 bits per heavy atom. The number of hydrogen-bond acceptors (Lipinski definition) is 8. The predicted octanol–water partition coefficient (Wildman–Crippen LogP) is 1.10. The third-order valence-corrected chi connectivity index (χ3v) is 6.37. The number of carbonyl (C=O) groups excluding carboxylic acids is 7. The van der Waals surface area contributed by atoms with Crippen molar-refractivity contribution in [2.45, 2.75) is 72.6 Å². The number of nitrogens with zero attached hydrogens (tertiary/aromatic N) is 1. The van der Waals surface area contributed by atoms with Crippen molar-refractivity contribution in [1.82, 2.24) is 20.9 Å². The summed E-state index contributed by atoms with van der Waals surface area (Å²) in [6.45, 7) is 8.87. The number of amides is 7. The van der Waals surface area contributed by atoms with E-state index < -0.39 is 60.1 Å². The van der Waals surface area contributed by atoms with E-state index in [1.54, 1.807) is 38.1 Å². The first-order valence-electron chi connectivity index (χ1n) is 14.3. The molecule has 0 saturated heterocycles. The lowest BCUT2D eigenvalue weighted by molar-refractivity contribution is -0.147. The van der Waals surface area contributed by atoms with Crippen LogP contribution in [0.2, 0.25) is 0 Å². The van der Waals surface area contributed by atoms with E-state index in [-0.39, 0.29) is 37.4 Å². The van der Waals surface area contributed by atoms with Crippen LogP contribution in [0.5, 0.6) is 0 Å². The maximum atomic E-state index is 13.3. The molecular weight excluding hydrogens is 572 g/mol. The Morgan fingerprint density at radius 3 is 2.09 bits per heavy atom. The highest BCUT2D eigenvalue weighted by atomic mass is 16.5. The molecule has 0 aliphatic carbocycles. The number of nitrogens with one attached hydrogen (secondary N) is 4. The summed E-state index contributed by atoms with van der Waals surface area (Å²) >= 11 is 0. The minimum atomic E-state index is -1.08. The summed E-state index contributed by atoms with van der Waals surface area (Å²) in [4.78, 5) is 86.5. The van der Waals surface area contributed by atoms with Crippen molar-refractivity contribution in [2.24, 2.45) is 17.1 Å². The van der Waals surface area contributed by atoms with E-state index in [2.05, 4.69) is 21.3 Å². The van der Waals surface area contributed by atoms with Crippen LogP contribution in [0.3, 0.4) is 0 Å². The normalized spacial score (nSPS) is 14.2. The lowest BCUT2D eigenvalue weighted by Gasteiger charge is -2.26. The highest BCUT2D eigenvalue weighted by Gasteiger charge is 2.31. The molecule has 0 aromatic heterocycles. The zero-order valence-corrected chi connectivity index (χ0v) is 25.7. The van der Waals surface area contributed by atoms with E-state index in [1.165, 1.54) is 0 Å². The Morgan fingerprint density at radius 2 is 1.55 bits per heavy atom. The largest absolute Gasteiger partial charge is 0.461 e. The number of esters is 1. The van der Waals surface area contributed by atoms with Gasteiger partial charge in [0.15, 0.2) is 0 Å². The van der Waals surface area contributed by atoms with Crippen molar-refractivity contribution in [3.05, 3.63) is 42.0 Å². The topological polar surface area (TPSA) is 206 Å². The third kappa shape index (κ3) is 12.2. The van der Waals surface area contributed by atoms with Gasteiger partial charge < -0.3 is 31.7 Å². The quantitative estimate of drug-likeness (QED) is 0.110. The van der Waals surface area contributed by atoms with Gasteiger partial charge in [0, 0.05) is 24.4 Å². The molecule has 14 nitrogen and oxygen atoms in total. The molecule has 1 aliphatic rings. The van der Waals surface area contributed by atoms with Gasteiger partial charge in [-0.05, 0) is 41.9 Å². The Kier molecular flexibility index (Phi) is 13.0. The highest BCUT2D eigenvalue weighted by Crippen LogP contribution is 2.20. The van der Waals surface area contributed by atoms with Crippen LogP contribution in [0.1, 0.15) is 59.4 Å². The van der Waals surface area contributed by atoms with Crippen LogP contribution in [0.25, 0.3) is 0 Å². The Labute approximate surface area is 256 Å². The number of imide groups is 1. The van der Waals surface area contributed by atoms with Crippen LogP contribution in [0.4, 0.5) is 10.5 Å². The zero-order chi connectivity index (χ0) is 33.0. The number of ether oxygens (including phenoxy) is 1. The number of benzene rings is 1. The Hall–Kier alpha value is -4.75. The van der Waals surface area contributed by atoms with Gasteiger partial charge in [-0.1, -0.05) is 46.8 Å². The standard InChI is InChI=1S/C30H42N6O8/c1-18(2)26(35-22(37)16-36-23(38)12-13-24(36)39)28(42)34-21(7-6-14-32-29(31)43)27(41)33-20-10-8-19(9-11-20)17-44-25(40)15-30(3,4)5/h8-13,18,21,26H,6-7,14-17H2,1-5H3,(H,33,41)(H,34,42)(H,35,37)(H3,31,32,43)/t21-,26?/m0/s1. The Balaban J connectivity index is 2.05. The molecule has 7 amide bonds. The number of nitrogens with two attached hydrogens (primary N) is 1. The number of urea groups is 1. The average molecular weight is 615 g/mol. The summed E-state index contributed by atoms with van der Waals surface area (Å²) in [5, 5.41) is 10.4. The van der Waals surface area contributed by atoms with Crippen LogP contribution in [0.15, 0.2) is 36.4 Å². The molecule has 2 rings (SSSR count). The minimum Gasteiger partial charge on any atom is -0.461 e. The van der Waals surface area contributed by atoms with Crippen LogP contribution in [0, 0.1) is 11.3 Å². The van der Waals surface area contributed by atoms with Gasteiger partial charge in [0.1, 0.15) is 25.2 Å². The number of rotatable bonds is 15. The highest BCUT2D eigenvalue weighted by molar-refractivity contribution is 6.14. The first-order chi connectivity index (χ1) is 20.6. The molecule has 1 aromatic rings. The van der Waals surface area contributed by atoms with Crippen molar-refractivity contribution < 1.29 is 38.3 Å². The molecule has 0 radical (unpaired) electrons. The van der Waals surface area contributed by atoms with Gasteiger partial charge in [-0.2, -0.15) is 0 Å². The molecule has 6 N–H and O–H groups in total. The minimum absolute atomic E-state index is 0.0770. The van der Waals surface area contributed by atoms with Crippen LogP contribution < -0.4 is 27.0 Å². The van der Waals surface area contributed by atoms with E-state index in [9.17, 15) is 33.6 Å². The molecule has 1 unspecified atom stereocenters. The average Bonchev–Trinajstić information content (AvgIpc) is 3.23. The summed E-state index contributed by atoms with van der Waals surface area (Å²) in [7, 11) is 0. The van der Waals surface area contributed by atoms with E-state index >= 15 is 0 Å². The molecular formula is C30H42N6O8. The van der Waals surface area contributed by atoms with Crippen molar-refractivity contribution in [2.75, 3.05) is 18.4 Å². The summed E-state index contributed by atoms with van der Waals surface area (Å²) in [6, 6.07) is 3.78. The molecule has 14 heteroatoms. The number of anilines is 1. The molecule has 1 aliphatic heterocycles. The van der Waals surface area contributed by atoms with Crippen molar-refractivity contribution in [3.63, 3.8) is 0 Å². The van der Waals surface area contributed by atoms with Crippen LogP contribution >= 0.6 is 0 Å². The summed E-state index contributed by atoms with van der Waals surface area (Å²) in [6.07, 6.45) is 2.80. The molecule has 0 spiro atoms. The lowest BCUT2D eigenvalue weighted by atomic mass is 9.92. The molecule has 0 bridgehead atoms. The first-order valence-corrected chi connectivity index (χ1v) is 14.3. The van der Waals surface area contributed by atoms with Gasteiger partial charge in [0.2, 0.25) is 17.7 Å². The van der Waals surface area contributed by atoms with Gasteiger partial charge in [-0.15, -0.1) is 0 Å². The second kappa shape index (κ2) is 16.2. The van der Waals surface area contributed by atoms with Gasteiger partial charge in [-0.3, -0.25) is 33.7 Å². The Bertz CT molecular complexity index is 1250. The maximum absolute atomic E-state index is 13.3.